The first-order chi connectivity index (χ1) is 12.9. The quantitative estimate of drug-likeness (QED) is 0.588. The Balaban J connectivity index is 1.54. The average Bonchev–Trinajstić information content (AvgIpc) is 3.12. The number of aromatic nitrogens is 3. The van der Waals surface area contributed by atoms with Crippen LogP contribution in [0, 0.1) is 13.8 Å². The van der Waals surface area contributed by atoms with E-state index in [1.165, 1.54) is 22.9 Å². The van der Waals surface area contributed by atoms with Gasteiger partial charge in [-0.15, -0.1) is 5.10 Å². The van der Waals surface area contributed by atoms with Crippen molar-refractivity contribution in [2.24, 2.45) is 0 Å². The highest BCUT2D eigenvalue weighted by molar-refractivity contribution is 7.99. The number of thioether (sulfide) groups is 1. The summed E-state index contributed by atoms with van der Waals surface area (Å²) in [6.07, 6.45) is 0. The van der Waals surface area contributed by atoms with Crippen LogP contribution < -0.4 is 5.32 Å². The van der Waals surface area contributed by atoms with Crippen molar-refractivity contribution >= 4 is 29.3 Å². The Labute approximate surface area is 167 Å². The third kappa shape index (κ3) is 5.11. The maximum absolute atomic E-state index is 12.3. The van der Waals surface area contributed by atoms with Crippen molar-refractivity contribution in [1.82, 2.24) is 20.5 Å². The number of halogens is 1. The molecule has 2 N–H and O–H groups in total. The summed E-state index contributed by atoms with van der Waals surface area (Å²) in [6.45, 7) is 6.14. The Morgan fingerprint density at radius 2 is 1.93 bits per heavy atom. The number of hydrogen-bond donors (Lipinski definition) is 2. The molecule has 5 nitrogen and oxygen atoms in total. The molecule has 7 heteroatoms. The summed E-state index contributed by atoms with van der Waals surface area (Å²) in [4.78, 5) is 16.7. The lowest BCUT2D eigenvalue weighted by molar-refractivity contribution is -0.119. The van der Waals surface area contributed by atoms with Gasteiger partial charge < -0.3 is 5.32 Å². The Morgan fingerprint density at radius 1 is 1.19 bits per heavy atom. The predicted molar refractivity (Wildman–Crippen MR) is 110 cm³/mol. The molecule has 0 saturated carbocycles. The van der Waals surface area contributed by atoms with E-state index < -0.39 is 0 Å². The number of nitrogens with zero attached hydrogens (tertiary/aromatic N) is 2. The molecule has 140 valence electrons. The number of aromatic amines is 1. The molecule has 1 unspecified atom stereocenters. The summed E-state index contributed by atoms with van der Waals surface area (Å²) in [5.41, 5.74) is 4.46. The summed E-state index contributed by atoms with van der Waals surface area (Å²) >= 11 is 7.19. The number of carbonyl (C=O) groups is 1. The molecule has 0 saturated heterocycles. The predicted octanol–water partition coefficient (Wildman–Crippen LogP) is 4.71. The van der Waals surface area contributed by atoms with Gasteiger partial charge in [0.15, 0.2) is 5.82 Å². The number of rotatable bonds is 6. The molecule has 0 aliphatic rings. The van der Waals surface area contributed by atoms with Crippen LogP contribution in [0.5, 0.6) is 0 Å². The van der Waals surface area contributed by atoms with Gasteiger partial charge in [-0.2, -0.15) is 0 Å². The fourth-order valence-corrected chi connectivity index (χ4v) is 3.31. The van der Waals surface area contributed by atoms with Crippen molar-refractivity contribution in [1.29, 1.82) is 0 Å². The molecule has 1 atom stereocenters. The van der Waals surface area contributed by atoms with E-state index in [1.807, 2.05) is 25.1 Å². The second-order valence-corrected chi connectivity index (χ2v) is 7.77. The minimum Gasteiger partial charge on any atom is -0.349 e. The maximum Gasteiger partial charge on any atom is 0.230 e. The molecule has 0 aliphatic carbocycles. The Morgan fingerprint density at radius 3 is 2.63 bits per heavy atom. The number of carbonyl (C=O) groups excluding carboxylic acids is 1. The topological polar surface area (TPSA) is 70.7 Å². The van der Waals surface area contributed by atoms with Crippen LogP contribution in [0.1, 0.15) is 29.7 Å². The van der Waals surface area contributed by atoms with E-state index in [4.69, 9.17) is 11.6 Å². The molecule has 1 amide bonds. The van der Waals surface area contributed by atoms with E-state index in [2.05, 4.69) is 46.5 Å². The summed E-state index contributed by atoms with van der Waals surface area (Å²) in [7, 11) is 0. The molecule has 2 aromatic carbocycles. The third-order valence-corrected chi connectivity index (χ3v) is 5.42. The zero-order valence-corrected chi connectivity index (χ0v) is 17.0. The maximum atomic E-state index is 12.3. The molecule has 3 aromatic rings. The molecule has 0 radical (unpaired) electrons. The van der Waals surface area contributed by atoms with E-state index in [1.54, 1.807) is 12.1 Å². The largest absolute Gasteiger partial charge is 0.349 e. The number of amides is 1. The molecule has 0 fully saturated rings. The lowest BCUT2D eigenvalue weighted by Crippen LogP contribution is -2.28. The summed E-state index contributed by atoms with van der Waals surface area (Å²) in [5, 5.41) is 11.3. The van der Waals surface area contributed by atoms with Gasteiger partial charge in [-0.05, 0) is 61.7 Å². The highest BCUT2D eigenvalue weighted by Crippen LogP contribution is 2.21. The molecule has 1 heterocycles. The first-order valence-corrected chi connectivity index (χ1v) is 9.96. The lowest BCUT2D eigenvalue weighted by atomic mass is 10.0. The van der Waals surface area contributed by atoms with Crippen LogP contribution in [0.3, 0.4) is 0 Å². The van der Waals surface area contributed by atoms with Crippen molar-refractivity contribution in [2.45, 2.75) is 32.0 Å². The highest BCUT2D eigenvalue weighted by atomic mass is 35.5. The minimum absolute atomic E-state index is 0.0471. The minimum atomic E-state index is -0.0522. The van der Waals surface area contributed by atoms with Crippen molar-refractivity contribution in [3.05, 3.63) is 64.2 Å². The zero-order chi connectivity index (χ0) is 19.4. The number of benzene rings is 2. The fraction of sp³-hybridized carbons (Fsp3) is 0.250. The molecule has 27 heavy (non-hydrogen) atoms. The van der Waals surface area contributed by atoms with Crippen LogP contribution in [-0.2, 0) is 4.79 Å². The van der Waals surface area contributed by atoms with E-state index in [-0.39, 0.29) is 17.7 Å². The smallest absolute Gasteiger partial charge is 0.230 e. The van der Waals surface area contributed by atoms with Gasteiger partial charge in [-0.25, -0.2) is 4.98 Å². The van der Waals surface area contributed by atoms with E-state index in [0.29, 0.717) is 16.0 Å². The van der Waals surface area contributed by atoms with E-state index in [0.717, 1.165) is 11.1 Å². The van der Waals surface area contributed by atoms with Gasteiger partial charge in [0.25, 0.3) is 0 Å². The molecule has 1 aromatic heterocycles. The SMILES string of the molecule is Cc1ccc(C(C)NC(=O)CSc2n[nH]c(-c3ccc(Cl)cc3)n2)cc1C. The van der Waals surface area contributed by atoms with Gasteiger partial charge in [0.2, 0.25) is 11.1 Å². The third-order valence-electron chi connectivity index (χ3n) is 4.32. The van der Waals surface area contributed by atoms with Crippen LogP contribution in [0.15, 0.2) is 47.6 Å². The van der Waals surface area contributed by atoms with Crippen LogP contribution in [-0.4, -0.2) is 26.8 Å². The first kappa shape index (κ1) is 19.5. The second-order valence-electron chi connectivity index (χ2n) is 6.40. The van der Waals surface area contributed by atoms with Gasteiger partial charge in [0.05, 0.1) is 11.8 Å². The molecule has 0 bridgehead atoms. The summed E-state index contributed by atoms with van der Waals surface area (Å²) < 4.78 is 0. The van der Waals surface area contributed by atoms with Crippen molar-refractivity contribution in [2.75, 3.05) is 5.75 Å². The van der Waals surface area contributed by atoms with Crippen molar-refractivity contribution < 1.29 is 4.79 Å². The van der Waals surface area contributed by atoms with Crippen LogP contribution in [0.25, 0.3) is 11.4 Å². The zero-order valence-electron chi connectivity index (χ0n) is 15.4. The van der Waals surface area contributed by atoms with E-state index in [9.17, 15) is 4.79 Å². The van der Waals surface area contributed by atoms with Crippen LogP contribution in [0.4, 0.5) is 0 Å². The number of aryl methyl sites for hydroxylation is 2. The summed E-state index contributed by atoms with van der Waals surface area (Å²) in [5.74, 6) is 0.856. The molecular weight excluding hydrogens is 380 g/mol. The molecule has 0 spiro atoms. The van der Waals surface area contributed by atoms with Gasteiger partial charge in [0, 0.05) is 10.6 Å². The van der Waals surface area contributed by atoms with Crippen molar-refractivity contribution in [3.63, 3.8) is 0 Å². The Bertz CT molecular complexity index is 939. The highest BCUT2D eigenvalue weighted by Gasteiger charge is 2.13. The van der Waals surface area contributed by atoms with Gasteiger partial charge >= 0.3 is 0 Å². The van der Waals surface area contributed by atoms with Gasteiger partial charge in [-0.3, -0.25) is 9.89 Å². The Kier molecular flexibility index (Phi) is 6.19. The number of H-pyrrole nitrogens is 1. The first-order valence-electron chi connectivity index (χ1n) is 8.60. The average molecular weight is 401 g/mol. The fourth-order valence-electron chi connectivity index (χ4n) is 2.58. The molecular formula is C20H21ClN4OS. The number of nitrogens with one attached hydrogen (secondary N) is 2. The molecule has 0 aliphatic heterocycles. The summed E-state index contributed by atoms with van der Waals surface area (Å²) in [6, 6.07) is 13.5. The standard InChI is InChI=1S/C20H21ClN4OS/c1-12-4-5-16(10-13(12)2)14(3)22-18(26)11-27-20-23-19(24-25-20)15-6-8-17(21)9-7-15/h4-10,14H,11H2,1-3H3,(H,22,26)(H,23,24,25). The van der Waals surface area contributed by atoms with Crippen LogP contribution >= 0.6 is 23.4 Å². The van der Waals surface area contributed by atoms with Crippen LogP contribution in [0.2, 0.25) is 5.02 Å². The molecule has 3 rings (SSSR count). The Hall–Kier alpha value is -2.31. The number of hydrogen-bond acceptors (Lipinski definition) is 4. The lowest BCUT2D eigenvalue weighted by Gasteiger charge is -2.15. The van der Waals surface area contributed by atoms with E-state index >= 15 is 0 Å². The van der Waals surface area contributed by atoms with Crippen molar-refractivity contribution in [3.8, 4) is 11.4 Å². The second kappa shape index (κ2) is 8.59. The monoisotopic (exact) mass is 400 g/mol. The van der Waals surface area contributed by atoms with Gasteiger partial charge in [-0.1, -0.05) is 41.6 Å². The van der Waals surface area contributed by atoms with Gasteiger partial charge in [0.1, 0.15) is 0 Å². The normalized spacial score (nSPS) is 12.0.